The van der Waals surface area contributed by atoms with Crippen molar-refractivity contribution in [2.75, 3.05) is 0 Å². The molecular weight excluding hydrogens is 364 g/mol. The molecular formula is C9H4BrClF5NO2. The molecule has 3 nitrogen and oxygen atoms in total. The molecule has 0 aliphatic carbocycles. The summed E-state index contributed by atoms with van der Waals surface area (Å²) < 4.78 is 65.4. The van der Waals surface area contributed by atoms with E-state index in [-0.39, 0.29) is 5.33 Å². The zero-order valence-electron chi connectivity index (χ0n) is 8.77. The topological polar surface area (TPSA) is 39.2 Å². The molecule has 0 aromatic carbocycles. The average Bonchev–Trinajstić information content (AvgIpc) is 2.26. The maximum Gasteiger partial charge on any atom is 0.573 e. The molecule has 0 radical (unpaired) electrons. The summed E-state index contributed by atoms with van der Waals surface area (Å²) in [5.41, 5.74) is -2.19. The third-order valence-corrected chi connectivity index (χ3v) is 2.58. The van der Waals surface area contributed by atoms with Crippen LogP contribution < -0.4 is 4.74 Å². The van der Waals surface area contributed by atoms with Crippen molar-refractivity contribution in [3.63, 3.8) is 0 Å². The van der Waals surface area contributed by atoms with Crippen LogP contribution in [0.1, 0.15) is 28.2 Å². The number of hydrogen-bond donors (Lipinski definition) is 0. The van der Waals surface area contributed by atoms with Gasteiger partial charge in [0.1, 0.15) is 5.69 Å². The molecule has 0 N–H and O–H groups in total. The van der Waals surface area contributed by atoms with E-state index in [4.69, 9.17) is 11.6 Å². The van der Waals surface area contributed by atoms with Crippen molar-refractivity contribution in [1.29, 1.82) is 0 Å². The third-order valence-electron chi connectivity index (χ3n) is 1.85. The Hall–Kier alpha value is -0.960. The first-order valence-corrected chi connectivity index (χ1v) is 5.99. The highest BCUT2D eigenvalue weighted by atomic mass is 79.9. The summed E-state index contributed by atoms with van der Waals surface area (Å²) in [6, 6.07) is 0.466. The highest BCUT2D eigenvalue weighted by Crippen LogP contribution is 2.36. The van der Waals surface area contributed by atoms with E-state index in [1.54, 1.807) is 0 Å². The molecule has 0 bridgehead atoms. The standard InChI is InChI=1S/C9H4BrClF5NO2/c10-2-5-6(19-9(14,15)16)3(8(12)13)1-4(17-5)7(11)18/h1,8H,2H2. The van der Waals surface area contributed by atoms with Crippen LogP contribution in [0.15, 0.2) is 6.07 Å². The molecule has 0 saturated carbocycles. The summed E-state index contributed by atoms with van der Waals surface area (Å²) in [5.74, 6) is -1.14. The van der Waals surface area contributed by atoms with Crippen molar-refractivity contribution >= 4 is 32.8 Å². The van der Waals surface area contributed by atoms with Crippen LogP contribution in [0.2, 0.25) is 0 Å². The quantitative estimate of drug-likeness (QED) is 0.454. The number of ether oxygens (including phenoxy) is 1. The summed E-state index contributed by atoms with van der Waals surface area (Å²) >= 11 is 7.84. The predicted octanol–water partition coefficient (Wildman–Crippen LogP) is 4.19. The van der Waals surface area contributed by atoms with Gasteiger partial charge in [0.2, 0.25) is 0 Å². The maximum absolute atomic E-state index is 12.7. The summed E-state index contributed by atoms with van der Waals surface area (Å²) in [7, 11) is 0. The van der Waals surface area contributed by atoms with Crippen LogP contribution in [0.5, 0.6) is 5.75 Å². The van der Waals surface area contributed by atoms with E-state index in [9.17, 15) is 26.7 Å². The Labute approximate surface area is 116 Å². The molecule has 0 fully saturated rings. The van der Waals surface area contributed by atoms with Crippen LogP contribution in [-0.4, -0.2) is 16.6 Å². The van der Waals surface area contributed by atoms with Gasteiger partial charge in [-0.05, 0) is 17.7 Å². The molecule has 0 unspecified atom stereocenters. The number of nitrogens with zero attached hydrogens (tertiary/aromatic N) is 1. The number of aromatic nitrogens is 1. The summed E-state index contributed by atoms with van der Waals surface area (Å²) in [6.45, 7) is 0. The van der Waals surface area contributed by atoms with E-state index < -0.39 is 40.7 Å². The zero-order chi connectivity index (χ0) is 14.8. The highest BCUT2D eigenvalue weighted by Gasteiger charge is 2.35. The van der Waals surface area contributed by atoms with Gasteiger partial charge in [0.15, 0.2) is 5.75 Å². The third kappa shape index (κ3) is 4.27. The van der Waals surface area contributed by atoms with Crippen molar-refractivity contribution in [1.82, 2.24) is 4.98 Å². The SMILES string of the molecule is O=C(Cl)c1cc(C(F)F)c(OC(F)(F)F)c(CBr)n1. The minimum absolute atomic E-state index is 0.323. The van der Waals surface area contributed by atoms with Gasteiger partial charge in [0.05, 0.1) is 11.3 Å². The lowest BCUT2D eigenvalue weighted by molar-refractivity contribution is -0.275. The maximum atomic E-state index is 12.7. The Balaban J connectivity index is 3.45. The van der Waals surface area contributed by atoms with E-state index in [2.05, 4.69) is 25.7 Å². The van der Waals surface area contributed by atoms with Gasteiger partial charge < -0.3 is 4.74 Å². The zero-order valence-corrected chi connectivity index (χ0v) is 11.1. The molecule has 0 saturated heterocycles. The van der Waals surface area contributed by atoms with Crippen molar-refractivity contribution in [3.05, 3.63) is 23.0 Å². The van der Waals surface area contributed by atoms with Crippen molar-refractivity contribution in [2.45, 2.75) is 18.1 Å². The number of pyridine rings is 1. The summed E-state index contributed by atoms with van der Waals surface area (Å²) in [5, 5.41) is -1.49. The number of hydrogen-bond acceptors (Lipinski definition) is 3. The van der Waals surface area contributed by atoms with Crippen LogP contribution in [0.4, 0.5) is 22.0 Å². The molecule has 1 aromatic rings. The van der Waals surface area contributed by atoms with Gasteiger partial charge in [-0.25, -0.2) is 13.8 Å². The van der Waals surface area contributed by atoms with Gasteiger partial charge in [0, 0.05) is 5.33 Å². The minimum Gasteiger partial charge on any atom is -0.403 e. The molecule has 10 heteroatoms. The molecule has 0 spiro atoms. The predicted molar refractivity (Wildman–Crippen MR) is 58.7 cm³/mol. The number of alkyl halides is 6. The average molecular weight is 368 g/mol. The number of carbonyl (C=O) groups is 1. The smallest absolute Gasteiger partial charge is 0.403 e. The Bertz CT molecular complexity index is 494. The molecule has 1 rings (SSSR count). The molecule has 0 amide bonds. The highest BCUT2D eigenvalue weighted by molar-refractivity contribution is 9.08. The van der Waals surface area contributed by atoms with E-state index in [1.165, 1.54) is 0 Å². The first-order chi connectivity index (χ1) is 8.65. The molecule has 0 aliphatic rings. The molecule has 106 valence electrons. The lowest BCUT2D eigenvalue weighted by atomic mass is 10.1. The fourth-order valence-corrected chi connectivity index (χ4v) is 1.67. The van der Waals surface area contributed by atoms with Crippen molar-refractivity contribution < 1.29 is 31.5 Å². The van der Waals surface area contributed by atoms with Crippen LogP contribution in [0, 0.1) is 0 Å². The molecule has 0 aliphatic heterocycles. The first kappa shape index (κ1) is 16.1. The number of rotatable bonds is 4. The second-order valence-electron chi connectivity index (χ2n) is 3.13. The monoisotopic (exact) mass is 367 g/mol. The van der Waals surface area contributed by atoms with E-state index in [0.29, 0.717) is 6.07 Å². The van der Waals surface area contributed by atoms with Gasteiger partial charge in [-0.2, -0.15) is 0 Å². The van der Waals surface area contributed by atoms with Gasteiger partial charge in [-0.1, -0.05) is 15.9 Å². The number of carbonyl (C=O) groups excluding carboxylic acids is 1. The Kier molecular flexibility index (Phi) is 5.08. The minimum atomic E-state index is -5.16. The second-order valence-corrected chi connectivity index (χ2v) is 4.03. The normalized spacial score (nSPS) is 11.8. The summed E-state index contributed by atoms with van der Waals surface area (Å²) in [6.07, 6.45) is -8.44. The van der Waals surface area contributed by atoms with Gasteiger partial charge in [-0.15, -0.1) is 13.2 Å². The lowest BCUT2D eigenvalue weighted by Gasteiger charge is -2.16. The van der Waals surface area contributed by atoms with E-state index in [1.807, 2.05) is 0 Å². The van der Waals surface area contributed by atoms with Gasteiger partial charge in [-0.3, -0.25) is 4.79 Å². The molecule has 0 atom stereocenters. The molecule has 1 aromatic heterocycles. The van der Waals surface area contributed by atoms with Crippen LogP contribution in [0.25, 0.3) is 0 Å². The fraction of sp³-hybridized carbons (Fsp3) is 0.333. The van der Waals surface area contributed by atoms with Gasteiger partial charge in [0.25, 0.3) is 11.7 Å². The second kappa shape index (κ2) is 6.00. The van der Waals surface area contributed by atoms with Crippen LogP contribution >= 0.6 is 27.5 Å². The molecule has 19 heavy (non-hydrogen) atoms. The largest absolute Gasteiger partial charge is 0.573 e. The Morgan fingerprint density at radius 1 is 1.47 bits per heavy atom. The fourth-order valence-electron chi connectivity index (χ4n) is 1.19. The first-order valence-electron chi connectivity index (χ1n) is 4.49. The number of halogens is 7. The lowest BCUT2D eigenvalue weighted by Crippen LogP contribution is -2.20. The Morgan fingerprint density at radius 3 is 2.42 bits per heavy atom. The summed E-state index contributed by atoms with van der Waals surface area (Å²) in [4.78, 5) is 14.3. The van der Waals surface area contributed by atoms with Crippen molar-refractivity contribution in [2.24, 2.45) is 0 Å². The van der Waals surface area contributed by atoms with Crippen molar-refractivity contribution in [3.8, 4) is 5.75 Å². The van der Waals surface area contributed by atoms with Crippen LogP contribution in [-0.2, 0) is 5.33 Å². The van der Waals surface area contributed by atoms with E-state index >= 15 is 0 Å². The Morgan fingerprint density at radius 2 is 2.05 bits per heavy atom. The van der Waals surface area contributed by atoms with E-state index in [0.717, 1.165) is 0 Å². The van der Waals surface area contributed by atoms with Gasteiger partial charge >= 0.3 is 6.36 Å². The molecule has 1 heterocycles. The van der Waals surface area contributed by atoms with Crippen LogP contribution in [0.3, 0.4) is 0 Å².